The van der Waals surface area contributed by atoms with Gasteiger partial charge in [-0.1, -0.05) is 30.5 Å². The third-order valence-corrected chi connectivity index (χ3v) is 5.65. The Morgan fingerprint density at radius 2 is 2.15 bits per heavy atom. The smallest absolute Gasteiger partial charge is 0.254 e. The van der Waals surface area contributed by atoms with E-state index >= 15 is 0 Å². The molecular formula is C21H31N3OS. The lowest BCUT2D eigenvalue weighted by Gasteiger charge is -2.24. The van der Waals surface area contributed by atoms with Gasteiger partial charge in [-0.05, 0) is 68.3 Å². The van der Waals surface area contributed by atoms with Crippen molar-refractivity contribution in [2.24, 2.45) is 5.73 Å². The minimum atomic E-state index is 0.136. The maximum absolute atomic E-state index is 13.2. The van der Waals surface area contributed by atoms with Crippen LogP contribution in [0.15, 0.2) is 34.7 Å². The van der Waals surface area contributed by atoms with E-state index in [4.69, 9.17) is 5.73 Å². The fraction of sp³-hybridized carbons (Fsp3) is 0.476. The fourth-order valence-electron chi connectivity index (χ4n) is 3.33. The van der Waals surface area contributed by atoms with Crippen molar-refractivity contribution in [2.75, 3.05) is 19.6 Å². The number of carbonyl (C=O) groups excluding carboxylic acids is 1. The Hall–Kier alpha value is -1.72. The number of allylic oxidation sites excluding steroid dienone is 2. The van der Waals surface area contributed by atoms with Gasteiger partial charge in [-0.15, -0.1) is 0 Å². The lowest BCUT2D eigenvalue weighted by atomic mass is 9.96. The zero-order valence-electron chi connectivity index (χ0n) is 16.4. The highest BCUT2D eigenvalue weighted by molar-refractivity contribution is 8.06. The first-order chi connectivity index (χ1) is 12.3. The number of carbonyl (C=O) groups is 1. The van der Waals surface area contributed by atoms with E-state index < -0.39 is 0 Å². The molecule has 26 heavy (non-hydrogen) atoms. The van der Waals surface area contributed by atoms with Crippen LogP contribution in [0.2, 0.25) is 0 Å². The molecule has 0 bridgehead atoms. The predicted molar refractivity (Wildman–Crippen MR) is 112 cm³/mol. The Morgan fingerprint density at radius 3 is 2.81 bits per heavy atom. The van der Waals surface area contributed by atoms with E-state index in [9.17, 15) is 4.79 Å². The van der Waals surface area contributed by atoms with Crippen LogP contribution < -0.4 is 11.1 Å². The van der Waals surface area contributed by atoms with Crippen LogP contribution in [-0.2, 0) is 6.42 Å². The average molecular weight is 374 g/mol. The largest absolute Gasteiger partial charge is 0.394 e. The summed E-state index contributed by atoms with van der Waals surface area (Å²) in [7, 11) is 0. The van der Waals surface area contributed by atoms with Crippen LogP contribution in [0.5, 0.6) is 0 Å². The maximum Gasteiger partial charge on any atom is 0.254 e. The lowest BCUT2D eigenvalue weighted by Crippen LogP contribution is -2.39. The number of nitrogens with two attached hydrogens (primary N) is 1. The van der Waals surface area contributed by atoms with Crippen LogP contribution in [0.3, 0.4) is 0 Å². The first kappa shape index (κ1) is 20.6. The number of hydrogen-bond acceptors (Lipinski definition) is 4. The summed E-state index contributed by atoms with van der Waals surface area (Å²) >= 11 is 1.49. The van der Waals surface area contributed by atoms with Crippen molar-refractivity contribution < 1.29 is 4.79 Å². The van der Waals surface area contributed by atoms with Gasteiger partial charge in [0.25, 0.3) is 5.91 Å². The van der Waals surface area contributed by atoms with Gasteiger partial charge in [0.2, 0.25) is 0 Å². The van der Waals surface area contributed by atoms with Gasteiger partial charge in [-0.3, -0.25) is 4.79 Å². The Morgan fingerprint density at radius 1 is 1.42 bits per heavy atom. The number of benzene rings is 1. The van der Waals surface area contributed by atoms with E-state index in [1.807, 2.05) is 18.7 Å². The van der Waals surface area contributed by atoms with E-state index in [0.29, 0.717) is 11.1 Å². The monoisotopic (exact) mass is 373 g/mol. The molecule has 4 nitrogen and oxygen atoms in total. The van der Waals surface area contributed by atoms with Crippen molar-refractivity contribution >= 4 is 17.7 Å². The highest BCUT2D eigenvalue weighted by Gasteiger charge is 2.22. The summed E-state index contributed by atoms with van der Waals surface area (Å²) in [4.78, 5) is 16.3. The van der Waals surface area contributed by atoms with E-state index in [1.165, 1.54) is 22.9 Å². The summed E-state index contributed by atoms with van der Waals surface area (Å²) in [6, 6.07) is 4.52. The molecule has 1 fully saturated rings. The number of aryl methyl sites for hydroxylation is 2. The fourth-order valence-corrected chi connectivity index (χ4v) is 4.01. The molecule has 0 aromatic heterocycles. The summed E-state index contributed by atoms with van der Waals surface area (Å²) in [5.74, 6) is 0.136. The average Bonchev–Trinajstić information content (AvgIpc) is 2.80. The second kappa shape index (κ2) is 9.28. The first-order valence-electron chi connectivity index (χ1n) is 9.22. The molecule has 1 aromatic rings. The molecular weight excluding hydrogens is 342 g/mol. The highest BCUT2D eigenvalue weighted by atomic mass is 32.2. The van der Waals surface area contributed by atoms with Gasteiger partial charge < -0.3 is 16.0 Å². The Kier molecular flexibility index (Phi) is 7.35. The second-order valence-corrected chi connectivity index (χ2v) is 8.31. The standard InChI is InChI=1S/C21H31N3OS/c1-6-19(26-17(5)22)11-18-12-20(15(3)10-14(18)2)21(25)24-9-7-8-23-16(4)13-24/h6,10,12,16,23H,5,7-9,11,13,22H2,1-4H3/b19-6-. The van der Waals surface area contributed by atoms with Crippen LogP contribution in [0.1, 0.15) is 47.3 Å². The quantitative estimate of drug-likeness (QED) is 0.825. The van der Waals surface area contributed by atoms with Gasteiger partial charge in [0.1, 0.15) is 0 Å². The Labute approximate surface area is 161 Å². The molecule has 5 heteroatoms. The first-order valence-corrected chi connectivity index (χ1v) is 10.0. The van der Waals surface area contributed by atoms with Crippen molar-refractivity contribution in [1.82, 2.24) is 10.2 Å². The highest BCUT2D eigenvalue weighted by Crippen LogP contribution is 2.27. The predicted octanol–water partition coefficient (Wildman–Crippen LogP) is 3.74. The van der Waals surface area contributed by atoms with Crippen molar-refractivity contribution in [2.45, 2.75) is 46.6 Å². The molecule has 0 radical (unpaired) electrons. The van der Waals surface area contributed by atoms with Gasteiger partial charge in [-0.2, -0.15) is 0 Å². The molecule has 0 aliphatic carbocycles. The third-order valence-electron chi connectivity index (χ3n) is 4.74. The molecule has 3 N–H and O–H groups in total. The summed E-state index contributed by atoms with van der Waals surface area (Å²) in [5, 5.41) is 4.03. The van der Waals surface area contributed by atoms with Gasteiger partial charge in [0, 0.05) is 31.1 Å². The molecule has 2 rings (SSSR count). The SMILES string of the molecule is C=C(N)S/C(=C\C)Cc1cc(C(=O)N2CCCNC(C)C2)c(C)cc1C. The van der Waals surface area contributed by atoms with Crippen molar-refractivity contribution in [3.05, 3.63) is 57.0 Å². The van der Waals surface area contributed by atoms with E-state index in [1.54, 1.807) is 0 Å². The molecule has 1 atom stereocenters. The maximum atomic E-state index is 13.2. The van der Waals surface area contributed by atoms with Crippen LogP contribution >= 0.6 is 11.8 Å². The van der Waals surface area contributed by atoms with Gasteiger partial charge >= 0.3 is 0 Å². The van der Waals surface area contributed by atoms with Crippen LogP contribution in [0.25, 0.3) is 0 Å². The van der Waals surface area contributed by atoms with Crippen LogP contribution in [0, 0.1) is 13.8 Å². The van der Waals surface area contributed by atoms with Gasteiger partial charge in [0.15, 0.2) is 0 Å². The second-order valence-electron chi connectivity index (χ2n) is 7.05. The topological polar surface area (TPSA) is 58.4 Å². The number of thioether (sulfide) groups is 1. The molecule has 1 aromatic carbocycles. The van der Waals surface area contributed by atoms with Crippen molar-refractivity contribution in [1.29, 1.82) is 0 Å². The molecule has 1 saturated heterocycles. The molecule has 1 heterocycles. The molecule has 142 valence electrons. The number of rotatable bonds is 5. The zero-order valence-corrected chi connectivity index (χ0v) is 17.2. The number of nitrogens with one attached hydrogen (secondary N) is 1. The number of amides is 1. The molecule has 1 aliphatic rings. The molecule has 1 amide bonds. The Balaban J connectivity index is 2.28. The van der Waals surface area contributed by atoms with Crippen LogP contribution in [-0.4, -0.2) is 36.5 Å². The minimum Gasteiger partial charge on any atom is -0.394 e. The third kappa shape index (κ3) is 5.39. The molecule has 0 saturated carbocycles. The van der Waals surface area contributed by atoms with E-state index in [0.717, 1.165) is 48.5 Å². The lowest BCUT2D eigenvalue weighted by molar-refractivity contribution is 0.0754. The van der Waals surface area contributed by atoms with Crippen molar-refractivity contribution in [3.8, 4) is 0 Å². The number of hydrogen-bond donors (Lipinski definition) is 2. The van der Waals surface area contributed by atoms with Crippen molar-refractivity contribution in [3.63, 3.8) is 0 Å². The van der Waals surface area contributed by atoms with E-state index in [-0.39, 0.29) is 5.91 Å². The zero-order chi connectivity index (χ0) is 19.3. The van der Waals surface area contributed by atoms with Gasteiger partial charge in [-0.25, -0.2) is 0 Å². The molecule has 1 aliphatic heterocycles. The molecule has 0 spiro atoms. The summed E-state index contributed by atoms with van der Waals surface area (Å²) in [6.45, 7) is 14.6. The normalized spacial score (nSPS) is 18.5. The minimum absolute atomic E-state index is 0.136. The summed E-state index contributed by atoms with van der Waals surface area (Å²) in [5.41, 5.74) is 9.97. The summed E-state index contributed by atoms with van der Waals surface area (Å²) < 4.78 is 0. The Bertz CT molecular complexity index is 711. The summed E-state index contributed by atoms with van der Waals surface area (Å²) in [6.07, 6.45) is 3.82. The number of nitrogens with zero attached hydrogens (tertiary/aromatic N) is 1. The molecule has 1 unspecified atom stereocenters. The van der Waals surface area contributed by atoms with E-state index in [2.05, 4.69) is 44.0 Å². The van der Waals surface area contributed by atoms with Crippen LogP contribution in [0.4, 0.5) is 0 Å². The van der Waals surface area contributed by atoms with Gasteiger partial charge in [0.05, 0.1) is 5.03 Å².